The molecule has 2 heterocycles. The second-order valence-corrected chi connectivity index (χ2v) is 13.5. The molecule has 14 nitrogen and oxygen atoms in total. The van der Waals surface area contributed by atoms with E-state index in [1.54, 1.807) is 29.2 Å². The lowest BCUT2D eigenvalue weighted by atomic mass is 10.0. The highest BCUT2D eigenvalue weighted by molar-refractivity contribution is 7.92. The van der Waals surface area contributed by atoms with Gasteiger partial charge in [-0.15, -0.1) is 0 Å². The van der Waals surface area contributed by atoms with Crippen LogP contribution < -0.4 is 21.1 Å². The van der Waals surface area contributed by atoms with Gasteiger partial charge >= 0.3 is 6.03 Å². The molecule has 45 heavy (non-hydrogen) atoms. The summed E-state index contributed by atoms with van der Waals surface area (Å²) in [6.45, 7) is 2.29. The van der Waals surface area contributed by atoms with Crippen LogP contribution >= 0.6 is 11.3 Å². The summed E-state index contributed by atoms with van der Waals surface area (Å²) in [5.74, 6) is -0.841. The number of nitrogens with two attached hydrogens (primary N) is 1. The minimum Gasteiger partial charge on any atom is -0.375 e. The SMILES string of the molecule is CCCCNC(=O)N(CC#N)N1CCN(Cc2cccc3sc(N)nc23)C(=O)[C@H](Cc2ccc(NS(C)(=O)=O)cc2)NC(=O)C1. The van der Waals surface area contributed by atoms with Crippen molar-refractivity contribution in [2.45, 2.75) is 38.8 Å². The van der Waals surface area contributed by atoms with Gasteiger partial charge in [0.25, 0.3) is 0 Å². The topological polar surface area (TPSA) is 194 Å². The van der Waals surface area contributed by atoms with Crippen LogP contribution in [-0.4, -0.2) is 91.2 Å². The van der Waals surface area contributed by atoms with E-state index in [1.165, 1.54) is 21.4 Å². The van der Waals surface area contributed by atoms with Crippen molar-refractivity contribution in [3.05, 3.63) is 53.6 Å². The monoisotopic (exact) mass is 655 g/mol. The Bertz CT molecular complexity index is 1670. The van der Waals surface area contributed by atoms with E-state index in [9.17, 15) is 28.1 Å². The molecule has 240 valence electrons. The number of aromatic nitrogens is 1. The number of urea groups is 1. The summed E-state index contributed by atoms with van der Waals surface area (Å²) in [6.07, 6.45) is 2.82. The van der Waals surface area contributed by atoms with Gasteiger partial charge in [-0.1, -0.05) is 48.9 Å². The molecule has 2 aromatic carbocycles. The van der Waals surface area contributed by atoms with Gasteiger partial charge < -0.3 is 21.3 Å². The molecule has 1 aliphatic heterocycles. The maximum Gasteiger partial charge on any atom is 0.332 e. The van der Waals surface area contributed by atoms with E-state index in [2.05, 4.69) is 20.3 Å². The van der Waals surface area contributed by atoms with Gasteiger partial charge in [0.2, 0.25) is 21.8 Å². The number of nitrogen functional groups attached to an aromatic ring is 1. The second kappa shape index (κ2) is 15.0. The lowest BCUT2D eigenvalue weighted by Crippen LogP contribution is -2.55. The number of unbranched alkanes of at least 4 members (excludes halogenated alkanes) is 1. The van der Waals surface area contributed by atoms with Gasteiger partial charge in [0, 0.05) is 38.3 Å². The Morgan fingerprint density at radius 2 is 1.98 bits per heavy atom. The zero-order chi connectivity index (χ0) is 32.6. The van der Waals surface area contributed by atoms with E-state index >= 15 is 0 Å². The standard InChI is InChI=1S/C29H37N9O5S2/c1-3-4-13-32-29(41)38(14-12-30)37-16-15-36(18-21-6-5-7-24-26(21)34-28(31)44-24)27(40)23(33-25(39)19-37)17-20-8-10-22(11-9-20)35-45(2,42)43/h5-11,23,35H,3-4,13-19H2,1-2H3,(H2,31,34)(H,32,41)(H,33,39)/t23-/m0/s1. The fraction of sp³-hybridized carbons (Fsp3) is 0.414. The van der Waals surface area contributed by atoms with Gasteiger partial charge in [-0.05, 0) is 35.7 Å². The molecule has 5 N–H and O–H groups in total. The Balaban J connectivity index is 1.64. The number of hydrogen-bond acceptors (Lipinski definition) is 10. The molecule has 0 aliphatic carbocycles. The average molecular weight is 656 g/mol. The van der Waals surface area contributed by atoms with E-state index in [0.717, 1.165) is 29.4 Å². The number of amides is 4. The van der Waals surface area contributed by atoms with E-state index in [4.69, 9.17) is 5.73 Å². The smallest absolute Gasteiger partial charge is 0.332 e. The van der Waals surface area contributed by atoms with Crippen molar-refractivity contribution in [1.82, 2.24) is 30.5 Å². The molecule has 0 bridgehead atoms. The molecule has 1 aromatic heterocycles. The number of rotatable bonds is 11. The zero-order valence-corrected chi connectivity index (χ0v) is 26.8. The van der Waals surface area contributed by atoms with Crippen molar-refractivity contribution >= 4 is 60.2 Å². The summed E-state index contributed by atoms with van der Waals surface area (Å²) in [4.78, 5) is 46.6. The molecule has 4 amide bonds. The number of benzene rings is 2. The van der Waals surface area contributed by atoms with Crippen LogP contribution in [0.15, 0.2) is 42.5 Å². The Hall–Kier alpha value is -4.46. The number of hydrogen-bond donors (Lipinski definition) is 4. The largest absolute Gasteiger partial charge is 0.375 e. The molecule has 1 fully saturated rings. The number of anilines is 2. The van der Waals surface area contributed by atoms with Crippen LogP contribution in [0.2, 0.25) is 0 Å². The predicted molar refractivity (Wildman–Crippen MR) is 172 cm³/mol. The highest BCUT2D eigenvalue weighted by atomic mass is 32.2. The van der Waals surface area contributed by atoms with Crippen LogP contribution in [0.4, 0.5) is 15.6 Å². The fourth-order valence-electron chi connectivity index (χ4n) is 4.96. The zero-order valence-electron chi connectivity index (χ0n) is 25.2. The number of fused-ring (bicyclic) bond motifs is 1. The van der Waals surface area contributed by atoms with Crippen LogP contribution in [0.3, 0.4) is 0 Å². The average Bonchev–Trinajstić information content (AvgIpc) is 3.39. The van der Waals surface area contributed by atoms with Crippen molar-refractivity contribution in [3.63, 3.8) is 0 Å². The Morgan fingerprint density at radius 3 is 2.67 bits per heavy atom. The molecule has 1 atom stereocenters. The number of carbonyl (C=O) groups excluding carboxylic acids is 3. The number of carbonyl (C=O) groups is 3. The minimum absolute atomic E-state index is 0.107. The quantitative estimate of drug-likeness (QED) is 0.176. The summed E-state index contributed by atoms with van der Waals surface area (Å²) in [7, 11) is -3.46. The first-order valence-corrected chi connectivity index (χ1v) is 17.1. The van der Waals surface area contributed by atoms with Gasteiger partial charge in [-0.2, -0.15) is 5.26 Å². The molecular formula is C29H37N9O5S2. The number of para-hydroxylation sites is 1. The Kier molecular flexibility index (Phi) is 11.2. The normalized spacial score (nSPS) is 16.3. The highest BCUT2D eigenvalue weighted by Gasteiger charge is 2.32. The first kappa shape index (κ1) is 33.4. The maximum absolute atomic E-state index is 14.1. The van der Waals surface area contributed by atoms with E-state index in [-0.39, 0.29) is 45.1 Å². The van der Waals surface area contributed by atoms with Crippen LogP contribution in [0.5, 0.6) is 0 Å². The molecule has 0 spiro atoms. The number of sulfonamides is 1. The van der Waals surface area contributed by atoms with Crippen LogP contribution in [0, 0.1) is 11.3 Å². The van der Waals surface area contributed by atoms with Gasteiger partial charge in [-0.25, -0.2) is 28.2 Å². The molecule has 0 unspecified atom stereocenters. The van der Waals surface area contributed by atoms with Gasteiger partial charge in [0.15, 0.2) is 5.13 Å². The number of nitriles is 1. The number of nitrogens with zero attached hydrogens (tertiary/aromatic N) is 5. The van der Waals surface area contributed by atoms with Gasteiger partial charge in [0.05, 0.1) is 29.1 Å². The summed E-state index contributed by atoms with van der Waals surface area (Å²) in [5, 5.41) is 18.2. The third kappa shape index (κ3) is 9.27. The molecule has 0 radical (unpaired) electrons. The van der Waals surface area contributed by atoms with Crippen LogP contribution in [0.25, 0.3) is 10.2 Å². The molecular weight excluding hydrogens is 619 g/mol. The first-order chi connectivity index (χ1) is 21.5. The number of nitrogens with one attached hydrogen (secondary N) is 3. The van der Waals surface area contributed by atoms with Crippen molar-refractivity contribution in [3.8, 4) is 6.07 Å². The summed E-state index contributed by atoms with van der Waals surface area (Å²) < 4.78 is 26.5. The number of hydrazine groups is 1. The van der Waals surface area contributed by atoms with Gasteiger partial charge in [-0.3, -0.25) is 14.3 Å². The lowest BCUT2D eigenvalue weighted by molar-refractivity contribution is -0.136. The Morgan fingerprint density at radius 1 is 1.22 bits per heavy atom. The van der Waals surface area contributed by atoms with Gasteiger partial charge in [0.1, 0.15) is 12.6 Å². The van der Waals surface area contributed by atoms with E-state index in [0.29, 0.717) is 28.4 Å². The molecule has 4 rings (SSSR count). The first-order valence-electron chi connectivity index (χ1n) is 14.4. The van der Waals surface area contributed by atoms with E-state index in [1.807, 2.05) is 31.2 Å². The highest BCUT2D eigenvalue weighted by Crippen LogP contribution is 2.27. The fourth-order valence-corrected chi connectivity index (χ4v) is 6.31. The Labute approximate surface area is 266 Å². The number of thiazole rings is 1. The van der Waals surface area contributed by atoms with Crippen molar-refractivity contribution < 1.29 is 22.8 Å². The van der Waals surface area contributed by atoms with E-state index < -0.39 is 28.0 Å². The second-order valence-electron chi connectivity index (χ2n) is 10.7. The maximum atomic E-state index is 14.1. The third-order valence-corrected chi connectivity index (χ3v) is 8.54. The predicted octanol–water partition coefficient (Wildman–Crippen LogP) is 1.87. The minimum atomic E-state index is -3.46. The van der Waals surface area contributed by atoms with Crippen LogP contribution in [-0.2, 0) is 32.6 Å². The van der Waals surface area contributed by atoms with Crippen LogP contribution in [0.1, 0.15) is 30.9 Å². The molecule has 0 saturated carbocycles. The van der Waals surface area contributed by atoms with Crippen molar-refractivity contribution in [1.29, 1.82) is 5.26 Å². The molecule has 1 aliphatic rings. The molecule has 3 aromatic rings. The van der Waals surface area contributed by atoms with Crippen molar-refractivity contribution in [2.24, 2.45) is 0 Å². The summed E-state index contributed by atoms with van der Waals surface area (Å²) in [5.41, 5.74) is 8.49. The molecule has 1 saturated heterocycles. The third-order valence-electron chi connectivity index (χ3n) is 7.08. The summed E-state index contributed by atoms with van der Waals surface area (Å²) in [6, 6.07) is 12.7. The summed E-state index contributed by atoms with van der Waals surface area (Å²) >= 11 is 1.34. The lowest BCUT2D eigenvalue weighted by Gasteiger charge is -2.33. The molecule has 16 heteroatoms. The van der Waals surface area contributed by atoms with Crippen molar-refractivity contribution in [2.75, 3.05) is 49.4 Å².